The van der Waals surface area contributed by atoms with Crippen molar-refractivity contribution in [3.63, 3.8) is 0 Å². The topological polar surface area (TPSA) is 54.0 Å². The lowest BCUT2D eigenvalue weighted by Gasteiger charge is -2.34. The third-order valence-corrected chi connectivity index (χ3v) is 6.93. The molecule has 28 heavy (non-hydrogen) atoms. The van der Waals surface area contributed by atoms with Gasteiger partial charge in [0, 0.05) is 40.5 Å². The SMILES string of the molecule is CC1COCCN1c1cc(C2CCCS2)nc(-c2cc(F)cc3[nH]ccc23)n1. The van der Waals surface area contributed by atoms with Crippen molar-refractivity contribution in [2.24, 2.45) is 0 Å². The maximum absolute atomic E-state index is 14.3. The van der Waals surface area contributed by atoms with Crippen molar-refractivity contribution >= 4 is 28.5 Å². The zero-order valence-electron chi connectivity index (χ0n) is 15.8. The molecule has 1 aromatic carbocycles. The Hall–Kier alpha value is -2.12. The molecule has 146 valence electrons. The van der Waals surface area contributed by atoms with E-state index in [0.717, 1.165) is 46.7 Å². The number of thioether (sulfide) groups is 1. The number of hydrogen-bond donors (Lipinski definition) is 1. The van der Waals surface area contributed by atoms with Crippen molar-refractivity contribution in [3.05, 3.63) is 42.0 Å². The zero-order chi connectivity index (χ0) is 19.1. The summed E-state index contributed by atoms with van der Waals surface area (Å²) in [6.45, 7) is 4.34. The minimum atomic E-state index is -0.282. The molecule has 2 saturated heterocycles. The van der Waals surface area contributed by atoms with E-state index >= 15 is 0 Å². The first-order chi connectivity index (χ1) is 13.7. The van der Waals surface area contributed by atoms with Gasteiger partial charge in [-0.05, 0) is 43.7 Å². The maximum Gasteiger partial charge on any atom is 0.162 e. The Balaban J connectivity index is 1.66. The van der Waals surface area contributed by atoms with Crippen LogP contribution in [-0.2, 0) is 4.74 Å². The Bertz CT molecular complexity index is 1000. The normalized spacial score (nSPS) is 22.9. The third kappa shape index (κ3) is 3.26. The second kappa shape index (κ2) is 7.37. The van der Waals surface area contributed by atoms with Crippen molar-refractivity contribution in [2.75, 3.05) is 30.4 Å². The van der Waals surface area contributed by atoms with E-state index in [2.05, 4.69) is 22.9 Å². The predicted octanol–water partition coefficient (Wildman–Crippen LogP) is 4.56. The molecular formula is C21H23FN4OS. The number of nitrogens with zero attached hydrogens (tertiary/aromatic N) is 3. The molecule has 0 radical (unpaired) electrons. The first-order valence-electron chi connectivity index (χ1n) is 9.81. The van der Waals surface area contributed by atoms with Crippen LogP contribution in [0, 0.1) is 5.82 Å². The molecule has 0 bridgehead atoms. The standard InChI is InChI=1S/C21H23FN4OS/c1-13-12-27-7-6-26(13)20-11-18(19-3-2-8-28-19)24-21(25-20)16-9-14(22)10-17-15(16)4-5-23-17/h4-5,9-11,13,19,23H,2-3,6-8,12H2,1H3. The van der Waals surface area contributed by atoms with Gasteiger partial charge >= 0.3 is 0 Å². The van der Waals surface area contributed by atoms with E-state index in [4.69, 9.17) is 14.7 Å². The number of morpholine rings is 1. The highest BCUT2D eigenvalue weighted by Gasteiger charge is 2.26. The Morgan fingerprint density at radius 3 is 3.04 bits per heavy atom. The summed E-state index contributed by atoms with van der Waals surface area (Å²) in [5.41, 5.74) is 2.55. The number of rotatable bonds is 3. The summed E-state index contributed by atoms with van der Waals surface area (Å²) < 4.78 is 19.9. The van der Waals surface area contributed by atoms with Gasteiger partial charge in [0.05, 0.1) is 24.9 Å². The zero-order valence-corrected chi connectivity index (χ0v) is 16.6. The van der Waals surface area contributed by atoms with Crippen molar-refractivity contribution in [2.45, 2.75) is 31.1 Å². The van der Waals surface area contributed by atoms with Gasteiger partial charge in [0.25, 0.3) is 0 Å². The van der Waals surface area contributed by atoms with Gasteiger partial charge in [-0.25, -0.2) is 14.4 Å². The summed E-state index contributed by atoms with van der Waals surface area (Å²) in [4.78, 5) is 15.2. The van der Waals surface area contributed by atoms with Crippen LogP contribution >= 0.6 is 11.8 Å². The van der Waals surface area contributed by atoms with E-state index in [9.17, 15) is 4.39 Å². The van der Waals surface area contributed by atoms with Crippen LogP contribution in [0.3, 0.4) is 0 Å². The lowest BCUT2D eigenvalue weighted by molar-refractivity contribution is 0.0985. The van der Waals surface area contributed by atoms with Gasteiger partial charge in [0.2, 0.25) is 0 Å². The van der Waals surface area contributed by atoms with Gasteiger partial charge in [-0.15, -0.1) is 0 Å². The second-order valence-electron chi connectivity index (χ2n) is 7.49. The van der Waals surface area contributed by atoms with Gasteiger partial charge in [-0.1, -0.05) is 0 Å². The highest BCUT2D eigenvalue weighted by molar-refractivity contribution is 7.99. The number of H-pyrrole nitrogens is 1. The molecule has 2 aliphatic heterocycles. The molecule has 7 heteroatoms. The average molecular weight is 399 g/mol. The van der Waals surface area contributed by atoms with Gasteiger partial charge in [-0.3, -0.25) is 0 Å². The van der Waals surface area contributed by atoms with Gasteiger partial charge in [0.15, 0.2) is 5.82 Å². The lowest BCUT2D eigenvalue weighted by Crippen LogP contribution is -2.44. The number of halogens is 1. The number of aromatic amines is 1. The number of anilines is 1. The predicted molar refractivity (Wildman–Crippen MR) is 111 cm³/mol. The number of nitrogens with one attached hydrogen (secondary N) is 1. The van der Waals surface area contributed by atoms with Crippen molar-refractivity contribution in [1.29, 1.82) is 0 Å². The molecule has 0 amide bonds. The molecule has 5 nitrogen and oxygen atoms in total. The molecule has 1 N–H and O–H groups in total. The molecule has 2 aliphatic rings. The molecule has 0 saturated carbocycles. The van der Waals surface area contributed by atoms with E-state index in [1.54, 1.807) is 6.07 Å². The lowest BCUT2D eigenvalue weighted by atomic mass is 10.1. The number of fused-ring (bicyclic) bond motifs is 1. The quantitative estimate of drug-likeness (QED) is 0.701. The largest absolute Gasteiger partial charge is 0.377 e. The molecular weight excluding hydrogens is 375 g/mol. The fraction of sp³-hybridized carbons (Fsp3) is 0.429. The molecule has 5 rings (SSSR count). The highest BCUT2D eigenvalue weighted by Crippen LogP contribution is 2.41. The van der Waals surface area contributed by atoms with Crippen LogP contribution in [0.25, 0.3) is 22.3 Å². The summed E-state index contributed by atoms with van der Waals surface area (Å²) >= 11 is 1.95. The van der Waals surface area contributed by atoms with Crippen LogP contribution in [0.15, 0.2) is 30.5 Å². The Kier molecular flexibility index (Phi) is 4.72. The van der Waals surface area contributed by atoms with E-state index in [-0.39, 0.29) is 11.9 Å². The number of benzene rings is 1. The summed E-state index contributed by atoms with van der Waals surface area (Å²) in [7, 11) is 0. The second-order valence-corrected chi connectivity index (χ2v) is 8.80. The molecule has 2 fully saturated rings. The third-order valence-electron chi connectivity index (χ3n) is 5.53. The molecule has 2 atom stereocenters. The Morgan fingerprint density at radius 1 is 1.29 bits per heavy atom. The first-order valence-corrected chi connectivity index (χ1v) is 10.9. The smallest absolute Gasteiger partial charge is 0.162 e. The summed E-state index contributed by atoms with van der Waals surface area (Å²) in [5, 5.41) is 1.32. The molecule has 0 aliphatic carbocycles. The number of hydrogen-bond acceptors (Lipinski definition) is 5. The van der Waals surface area contributed by atoms with Crippen LogP contribution in [0.2, 0.25) is 0 Å². The van der Waals surface area contributed by atoms with Crippen LogP contribution < -0.4 is 4.90 Å². The van der Waals surface area contributed by atoms with Gasteiger partial charge in [-0.2, -0.15) is 11.8 Å². The number of ether oxygens (including phenoxy) is 1. The van der Waals surface area contributed by atoms with Crippen LogP contribution in [0.4, 0.5) is 10.2 Å². The maximum atomic E-state index is 14.3. The van der Waals surface area contributed by atoms with E-state index in [1.165, 1.54) is 12.5 Å². The summed E-state index contributed by atoms with van der Waals surface area (Å²) in [5.74, 6) is 2.39. The minimum Gasteiger partial charge on any atom is -0.377 e. The van der Waals surface area contributed by atoms with Crippen LogP contribution in [0.1, 0.15) is 30.7 Å². The summed E-state index contributed by atoms with van der Waals surface area (Å²) in [6, 6.07) is 7.40. The van der Waals surface area contributed by atoms with Crippen molar-refractivity contribution in [1.82, 2.24) is 15.0 Å². The highest BCUT2D eigenvalue weighted by atomic mass is 32.2. The number of aromatic nitrogens is 3. The van der Waals surface area contributed by atoms with Crippen molar-refractivity contribution in [3.8, 4) is 11.4 Å². The fourth-order valence-electron chi connectivity index (χ4n) is 4.08. The van der Waals surface area contributed by atoms with E-state index in [1.807, 2.05) is 24.0 Å². The van der Waals surface area contributed by atoms with Gasteiger partial charge < -0.3 is 14.6 Å². The molecule has 0 spiro atoms. The molecule has 4 heterocycles. The van der Waals surface area contributed by atoms with Crippen LogP contribution in [-0.4, -0.2) is 46.5 Å². The minimum absolute atomic E-state index is 0.250. The molecule has 3 aromatic rings. The Labute approximate surface area is 167 Å². The molecule has 2 aromatic heterocycles. The van der Waals surface area contributed by atoms with E-state index < -0.39 is 0 Å². The van der Waals surface area contributed by atoms with E-state index in [0.29, 0.717) is 24.3 Å². The fourth-order valence-corrected chi connectivity index (χ4v) is 5.32. The summed E-state index contributed by atoms with van der Waals surface area (Å²) in [6.07, 6.45) is 4.16. The van der Waals surface area contributed by atoms with Crippen LogP contribution in [0.5, 0.6) is 0 Å². The Morgan fingerprint density at radius 2 is 2.21 bits per heavy atom. The van der Waals surface area contributed by atoms with Gasteiger partial charge in [0.1, 0.15) is 11.6 Å². The molecule has 2 unspecified atom stereocenters. The first kappa shape index (κ1) is 17.9. The van der Waals surface area contributed by atoms with Crippen molar-refractivity contribution < 1.29 is 9.13 Å². The monoisotopic (exact) mass is 398 g/mol. The average Bonchev–Trinajstić information content (AvgIpc) is 3.39.